The number of hydrogen-bond donors (Lipinski definition) is 2. The molecule has 1 saturated heterocycles. The van der Waals surface area contributed by atoms with Crippen LogP contribution in [0.4, 0.5) is 0 Å². The molecule has 188 valence electrons. The number of hydrogen-bond acceptors (Lipinski definition) is 4. The van der Waals surface area contributed by atoms with Gasteiger partial charge < -0.3 is 20.1 Å². The Morgan fingerprint density at radius 3 is 2.69 bits per heavy atom. The summed E-state index contributed by atoms with van der Waals surface area (Å²) in [5.74, 6) is 1.08. The van der Waals surface area contributed by atoms with E-state index in [1.54, 1.807) is 18.2 Å². The third-order valence-electron chi connectivity index (χ3n) is 8.41. The third-order valence-corrected chi connectivity index (χ3v) is 9.15. The number of nitrogens with one attached hydrogen (secondary N) is 1. The maximum Gasteiger partial charge on any atom is 0.224 e. The molecule has 2 aliphatic carbocycles. The first kappa shape index (κ1) is 24.9. The predicted octanol–water partition coefficient (Wildman–Crippen LogP) is 5.35. The number of amides is 1. The van der Waals surface area contributed by atoms with Crippen LogP contribution in [0.1, 0.15) is 49.7 Å². The van der Waals surface area contributed by atoms with E-state index in [-0.39, 0.29) is 35.1 Å². The SMILES string of the molecule is COC12CC[C@@H](NC(=O)Cc3ccc(Cl)c(Cl)c3)CC1(c1cccc(O)c1)CCN(CC1CC1)C2. The van der Waals surface area contributed by atoms with Gasteiger partial charge in [-0.2, -0.15) is 0 Å². The molecule has 0 spiro atoms. The minimum absolute atomic E-state index is 0.0180. The van der Waals surface area contributed by atoms with Gasteiger partial charge in [-0.25, -0.2) is 0 Å². The van der Waals surface area contributed by atoms with Crippen LogP contribution in [0.2, 0.25) is 10.0 Å². The van der Waals surface area contributed by atoms with Gasteiger partial charge in [0, 0.05) is 31.7 Å². The molecule has 2 saturated carbocycles. The van der Waals surface area contributed by atoms with Crippen molar-refractivity contribution in [2.24, 2.45) is 5.92 Å². The lowest BCUT2D eigenvalue weighted by molar-refractivity contribution is -0.151. The van der Waals surface area contributed by atoms with Crippen LogP contribution < -0.4 is 5.32 Å². The van der Waals surface area contributed by atoms with E-state index in [9.17, 15) is 9.90 Å². The van der Waals surface area contributed by atoms with Crippen molar-refractivity contribution in [3.8, 4) is 5.75 Å². The highest BCUT2D eigenvalue weighted by Gasteiger charge is 2.59. The molecule has 3 aliphatic rings. The zero-order valence-corrected chi connectivity index (χ0v) is 21.7. The Bertz CT molecular complexity index is 1090. The molecule has 7 heteroatoms. The number of nitrogens with zero attached hydrogens (tertiary/aromatic N) is 1. The molecule has 2 aromatic rings. The zero-order valence-electron chi connectivity index (χ0n) is 20.2. The lowest BCUT2D eigenvalue weighted by Gasteiger charge is -2.60. The maximum absolute atomic E-state index is 13.0. The Hall–Kier alpha value is -1.79. The molecule has 1 aliphatic heterocycles. The van der Waals surface area contributed by atoms with Crippen molar-refractivity contribution in [2.45, 2.75) is 62.0 Å². The van der Waals surface area contributed by atoms with E-state index in [1.807, 2.05) is 25.3 Å². The minimum Gasteiger partial charge on any atom is -0.508 e. The van der Waals surface area contributed by atoms with Crippen LogP contribution in [0.25, 0.3) is 0 Å². The number of aromatic hydroxyl groups is 1. The van der Waals surface area contributed by atoms with Gasteiger partial charge in [0.25, 0.3) is 0 Å². The summed E-state index contributed by atoms with van der Waals surface area (Å²) in [7, 11) is 1.83. The first-order valence-electron chi connectivity index (χ1n) is 12.6. The average Bonchev–Trinajstić information content (AvgIpc) is 3.65. The second-order valence-corrected chi connectivity index (χ2v) is 11.5. The van der Waals surface area contributed by atoms with E-state index >= 15 is 0 Å². The van der Waals surface area contributed by atoms with Crippen molar-refractivity contribution in [1.82, 2.24) is 10.2 Å². The standard InChI is InChI=1S/C28H34Cl2N2O3/c1-35-28-10-9-22(31-26(34)14-20-7-8-24(29)25(30)13-20)16-27(28,21-3-2-4-23(33)15-21)11-12-32(18-28)17-19-5-6-19/h2-4,7-8,13,15,19,22,33H,5-6,9-12,14,16-18H2,1H3,(H,31,34)/t22-,27?,28?/m1/s1. The predicted molar refractivity (Wildman–Crippen MR) is 139 cm³/mol. The summed E-state index contributed by atoms with van der Waals surface area (Å²) in [6, 6.07) is 13.0. The molecular weight excluding hydrogens is 483 g/mol. The summed E-state index contributed by atoms with van der Waals surface area (Å²) < 4.78 is 6.42. The van der Waals surface area contributed by atoms with Crippen molar-refractivity contribution >= 4 is 29.1 Å². The number of benzene rings is 2. The van der Waals surface area contributed by atoms with Crippen molar-refractivity contribution < 1.29 is 14.6 Å². The van der Waals surface area contributed by atoms with Crippen molar-refractivity contribution in [3.63, 3.8) is 0 Å². The Kier molecular flexibility index (Phi) is 7.06. The summed E-state index contributed by atoms with van der Waals surface area (Å²) >= 11 is 12.2. The van der Waals surface area contributed by atoms with E-state index in [0.717, 1.165) is 62.4 Å². The highest BCUT2D eigenvalue weighted by molar-refractivity contribution is 6.42. The molecule has 2 N–H and O–H groups in total. The number of phenols is 1. The van der Waals surface area contributed by atoms with Gasteiger partial charge in [-0.15, -0.1) is 0 Å². The molecule has 0 bridgehead atoms. The first-order chi connectivity index (χ1) is 16.8. The van der Waals surface area contributed by atoms with Gasteiger partial charge >= 0.3 is 0 Å². The number of halogens is 2. The molecule has 3 atom stereocenters. The number of methoxy groups -OCH3 is 1. The number of ether oxygens (including phenoxy) is 1. The number of carbonyl (C=O) groups excluding carboxylic acids is 1. The van der Waals surface area contributed by atoms with Gasteiger partial charge in [-0.3, -0.25) is 4.79 Å². The number of carbonyl (C=O) groups is 1. The van der Waals surface area contributed by atoms with E-state index in [0.29, 0.717) is 10.0 Å². The largest absolute Gasteiger partial charge is 0.508 e. The number of fused-ring (bicyclic) bond motifs is 1. The van der Waals surface area contributed by atoms with Crippen LogP contribution in [0, 0.1) is 5.92 Å². The van der Waals surface area contributed by atoms with Crippen LogP contribution >= 0.6 is 23.2 Å². The van der Waals surface area contributed by atoms with Crippen molar-refractivity contribution in [2.75, 3.05) is 26.7 Å². The molecular formula is C28H34Cl2N2O3. The molecule has 0 radical (unpaired) electrons. The second-order valence-electron chi connectivity index (χ2n) is 10.7. The fourth-order valence-corrected chi connectivity index (χ4v) is 6.77. The van der Waals surface area contributed by atoms with Crippen LogP contribution in [0.5, 0.6) is 5.75 Å². The van der Waals surface area contributed by atoms with Crippen LogP contribution in [0.15, 0.2) is 42.5 Å². The molecule has 5 nitrogen and oxygen atoms in total. The summed E-state index contributed by atoms with van der Waals surface area (Å²) in [5, 5.41) is 14.6. The lowest BCUT2D eigenvalue weighted by atomic mass is 9.55. The number of piperidine rings is 1. The van der Waals surface area contributed by atoms with Crippen LogP contribution in [-0.4, -0.2) is 54.3 Å². The van der Waals surface area contributed by atoms with Gasteiger partial charge in [-0.1, -0.05) is 41.4 Å². The molecule has 2 unspecified atom stereocenters. The fraction of sp³-hybridized carbons (Fsp3) is 0.536. The van der Waals surface area contributed by atoms with Gasteiger partial charge in [0.1, 0.15) is 5.75 Å². The highest BCUT2D eigenvalue weighted by Crippen LogP contribution is 2.54. The van der Waals surface area contributed by atoms with Gasteiger partial charge in [0.15, 0.2) is 0 Å². The quantitative estimate of drug-likeness (QED) is 0.520. The summed E-state index contributed by atoms with van der Waals surface area (Å²) in [4.78, 5) is 15.6. The summed E-state index contributed by atoms with van der Waals surface area (Å²) in [6.45, 7) is 3.03. The molecule has 35 heavy (non-hydrogen) atoms. The second kappa shape index (κ2) is 9.93. The number of likely N-dealkylation sites (tertiary alicyclic amines) is 1. The molecule has 1 amide bonds. The average molecular weight is 517 g/mol. The highest BCUT2D eigenvalue weighted by atomic mass is 35.5. The topological polar surface area (TPSA) is 61.8 Å². The summed E-state index contributed by atoms with van der Waals surface area (Å²) in [5.41, 5.74) is 1.32. The van der Waals surface area contributed by atoms with E-state index < -0.39 is 0 Å². The Morgan fingerprint density at radius 2 is 1.97 bits per heavy atom. The molecule has 3 fully saturated rings. The number of rotatable bonds is 7. The van der Waals surface area contributed by atoms with E-state index in [2.05, 4.69) is 16.3 Å². The van der Waals surface area contributed by atoms with Gasteiger partial charge in [0.05, 0.1) is 22.1 Å². The lowest BCUT2D eigenvalue weighted by Crippen LogP contribution is -2.68. The van der Waals surface area contributed by atoms with E-state index in [1.165, 1.54) is 12.8 Å². The number of phenolic OH excluding ortho intramolecular Hbond substituents is 1. The smallest absolute Gasteiger partial charge is 0.224 e. The third kappa shape index (κ3) is 5.06. The van der Waals surface area contributed by atoms with Crippen LogP contribution in [0.3, 0.4) is 0 Å². The minimum atomic E-state index is -0.348. The zero-order chi connectivity index (χ0) is 24.6. The Labute approximate surface area is 217 Å². The Balaban J connectivity index is 1.38. The maximum atomic E-state index is 13.0. The van der Waals surface area contributed by atoms with Crippen molar-refractivity contribution in [3.05, 3.63) is 63.6 Å². The van der Waals surface area contributed by atoms with Crippen molar-refractivity contribution in [1.29, 1.82) is 0 Å². The van der Waals surface area contributed by atoms with Gasteiger partial charge in [0.2, 0.25) is 5.91 Å². The monoisotopic (exact) mass is 516 g/mol. The van der Waals surface area contributed by atoms with Crippen LogP contribution in [-0.2, 0) is 21.4 Å². The molecule has 1 heterocycles. The molecule has 2 aromatic carbocycles. The fourth-order valence-electron chi connectivity index (χ4n) is 6.45. The van der Waals surface area contributed by atoms with Gasteiger partial charge in [-0.05, 0) is 86.4 Å². The normalized spacial score (nSPS) is 28.9. The van der Waals surface area contributed by atoms with E-state index in [4.69, 9.17) is 27.9 Å². The molecule has 0 aromatic heterocycles. The summed E-state index contributed by atoms with van der Waals surface area (Å²) in [6.07, 6.45) is 6.38. The molecule has 5 rings (SSSR count). The first-order valence-corrected chi connectivity index (χ1v) is 13.4. The Morgan fingerprint density at radius 1 is 1.14 bits per heavy atom.